The Morgan fingerprint density at radius 3 is 2.27 bits per heavy atom. The van der Waals surface area contributed by atoms with Crippen molar-refractivity contribution in [3.8, 4) is 0 Å². The summed E-state index contributed by atoms with van der Waals surface area (Å²) in [7, 11) is 0. The first kappa shape index (κ1) is 23.9. The Kier molecular flexibility index (Phi) is 7.29. The van der Waals surface area contributed by atoms with Crippen molar-refractivity contribution in [1.82, 2.24) is 10.3 Å². The molecule has 4 aliphatic rings. The van der Waals surface area contributed by atoms with Crippen molar-refractivity contribution in [1.29, 1.82) is 0 Å². The summed E-state index contributed by atoms with van der Waals surface area (Å²) < 4.78 is 0. The predicted molar refractivity (Wildman–Crippen MR) is 140 cm³/mol. The Balaban J connectivity index is 1.29. The summed E-state index contributed by atoms with van der Waals surface area (Å²) in [4.78, 5) is 3.87. The predicted octanol–water partition coefficient (Wildman–Crippen LogP) is 7.66. The molecule has 3 aliphatic carbocycles. The summed E-state index contributed by atoms with van der Waals surface area (Å²) in [6, 6.07) is 2.95. The molecule has 4 N–H and O–H groups in total. The normalized spacial score (nSPS) is 37.7. The number of nitrogens with two attached hydrogens (primary N) is 1. The van der Waals surface area contributed by atoms with Crippen LogP contribution in [0.2, 0.25) is 0 Å². The lowest BCUT2D eigenvalue weighted by atomic mass is 9.66. The van der Waals surface area contributed by atoms with Crippen molar-refractivity contribution in [3.63, 3.8) is 0 Å². The molecule has 186 valence electrons. The van der Waals surface area contributed by atoms with Gasteiger partial charge in [0.1, 0.15) is 0 Å². The van der Waals surface area contributed by atoms with Gasteiger partial charge in [0.25, 0.3) is 0 Å². The molecule has 0 spiro atoms. The van der Waals surface area contributed by atoms with E-state index < -0.39 is 0 Å². The topological polar surface area (TPSA) is 53.8 Å². The average molecular weight is 454 g/mol. The van der Waals surface area contributed by atoms with Gasteiger partial charge in [0.15, 0.2) is 0 Å². The maximum atomic E-state index is 7.04. The van der Waals surface area contributed by atoms with E-state index in [0.717, 1.165) is 18.4 Å². The smallest absolute Gasteiger partial charge is 0.0339 e. The maximum Gasteiger partial charge on any atom is 0.0339 e. The molecule has 4 unspecified atom stereocenters. The van der Waals surface area contributed by atoms with Crippen molar-refractivity contribution in [2.45, 2.75) is 141 Å². The molecule has 1 aliphatic heterocycles. The molecule has 1 aromatic heterocycles. The van der Waals surface area contributed by atoms with Crippen LogP contribution in [0, 0.1) is 24.2 Å². The van der Waals surface area contributed by atoms with Gasteiger partial charge in [-0.25, -0.2) is 0 Å². The highest BCUT2D eigenvalue weighted by Gasteiger charge is 2.40. The average Bonchev–Trinajstić information content (AvgIpc) is 3.40. The Morgan fingerprint density at radius 1 is 0.788 bits per heavy atom. The van der Waals surface area contributed by atoms with Gasteiger partial charge in [0, 0.05) is 29.5 Å². The molecule has 5 rings (SSSR count). The summed E-state index contributed by atoms with van der Waals surface area (Å²) in [5, 5.41) is 4.00. The van der Waals surface area contributed by atoms with E-state index in [1.807, 2.05) is 0 Å². The lowest BCUT2D eigenvalue weighted by molar-refractivity contribution is 0.115. The second-order valence-corrected chi connectivity index (χ2v) is 13.0. The zero-order valence-corrected chi connectivity index (χ0v) is 21.7. The van der Waals surface area contributed by atoms with Crippen LogP contribution < -0.4 is 11.1 Å². The molecule has 0 radical (unpaired) electrons. The van der Waals surface area contributed by atoms with Crippen LogP contribution in [0.3, 0.4) is 0 Å². The molecule has 0 bridgehead atoms. The zero-order valence-electron chi connectivity index (χ0n) is 21.7. The van der Waals surface area contributed by atoms with Gasteiger partial charge in [0.2, 0.25) is 0 Å². The third kappa shape index (κ3) is 5.10. The summed E-state index contributed by atoms with van der Waals surface area (Å²) >= 11 is 0. The number of aromatic nitrogens is 1. The van der Waals surface area contributed by atoms with Crippen LogP contribution in [-0.4, -0.2) is 17.1 Å². The van der Waals surface area contributed by atoms with Crippen LogP contribution in [-0.2, 0) is 0 Å². The molecule has 3 nitrogen and oxygen atoms in total. The van der Waals surface area contributed by atoms with Gasteiger partial charge in [-0.3, -0.25) is 0 Å². The van der Waals surface area contributed by atoms with Gasteiger partial charge < -0.3 is 16.0 Å². The number of hydrogen-bond acceptors (Lipinski definition) is 2. The van der Waals surface area contributed by atoms with Gasteiger partial charge in [-0.2, -0.15) is 0 Å². The SMILES string of the molecule is Cc1cc(C2CCCC(N)(C3CCCC3)CN2)c(C2CCCC(C)(C3CCCCC3)CC2)[nH]1. The minimum Gasteiger partial charge on any atom is -0.362 e. The van der Waals surface area contributed by atoms with Gasteiger partial charge in [-0.1, -0.05) is 45.4 Å². The summed E-state index contributed by atoms with van der Waals surface area (Å²) in [6.07, 6.45) is 23.6. The minimum atomic E-state index is 0.0148. The second-order valence-electron chi connectivity index (χ2n) is 13.0. The largest absolute Gasteiger partial charge is 0.362 e. The first-order valence-electron chi connectivity index (χ1n) is 14.7. The standard InChI is InChI=1S/C30H51N3/c1-22-20-26(27-15-9-18-30(31,21-32-27)25-13-6-7-14-25)28(33-22)23-10-8-17-29(2,19-16-23)24-11-4-3-5-12-24/h20,23-25,27,32-33H,3-19,21,31H2,1-2H3. The quantitative estimate of drug-likeness (QED) is 0.410. The fraction of sp³-hybridized carbons (Fsp3) is 0.867. The van der Waals surface area contributed by atoms with E-state index >= 15 is 0 Å². The number of aryl methyl sites for hydroxylation is 1. The highest BCUT2D eigenvalue weighted by atomic mass is 15.0. The summed E-state index contributed by atoms with van der Waals surface area (Å²) in [5.41, 5.74) is 12.1. The fourth-order valence-electron chi connectivity index (χ4n) is 8.53. The molecule has 33 heavy (non-hydrogen) atoms. The van der Waals surface area contributed by atoms with E-state index in [-0.39, 0.29) is 5.54 Å². The van der Waals surface area contributed by atoms with E-state index in [2.05, 4.69) is 30.2 Å². The summed E-state index contributed by atoms with van der Waals surface area (Å²) in [5.74, 6) is 2.42. The van der Waals surface area contributed by atoms with E-state index in [9.17, 15) is 0 Å². The number of rotatable bonds is 4. The molecule has 3 saturated carbocycles. The monoisotopic (exact) mass is 453 g/mol. The first-order valence-corrected chi connectivity index (χ1v) is 14.7. The Bertz CT molecular complexity index is 772. The number of nitrogens with one attached hydrogen (secondary N) is 2. The summed E-state index contributed by atoms with van der Waals surface area (Å²) in [6.45, 7) is 5.90. The molecule has 3 heteroatoms. The van der Waals surface area contributed by atoms with Crippen molar-refractivity contribution in [2.24, 2.45) is 23.0 Å². The third-order valence-electron chi connectivity index (χ3n) is 10.7. The molecular formula is C30H51N3. The van der Waals surface area contributed by atoms with Gasteiger partial charge in [0.05, 0.1) is 0 Å². The minimum absolute atomic E-state index is 0.0148. The Morgan fingerprint density at radius 2 is 1.48 bits per heavy atom. The van der Waals surface area contributed by atoms with Gasteiger partial charge in [-0.05, 0) is 112 Å². The lowest BCUT2D eigenvalue weighted by Crippen LogP contribution is -2.53. The van der Waals surface area contributed by atoms with Crippen LogP contribution in [0.1, 0.15) is 145 Å². The van der Waals surface area contributed by atoms with Gasteiger partial charge >= 0.3 is 0 Å². The highest BCUT2D eigenvalue weighted by Crippen LogP contribution is 2.50. The van der Waals surface area contributed by atoms with Gasteiger partial charge in [-0.15, -0.1) is 0 Å². The van der Waals surface area contributed by atoms with Crippen LogP contribution in [0.4, 0.5) is 0 Å². The lowest BCUT2D eigenvalue weighted by Gasteiger charge is -2.39. The second kappa shape index (κ2) is 10.1. The van der Waals surface area contributed by atoms with Crippen LogP contribution in [0.25, 0.3) is 0 Å². The van der Waals surface area contributed by atoms with Crippen LogP contribution >= 0.6 is 0 Å². The van der Waals surface area contributed by atoms with Crippen molar-refractivity contribution in [3.05, 3.63) is 23.0 Å². The van der Waals surface area contributed by atoms with Crippen LogP contribution in [0.15, 0.2) is 6.07 Å². The maximum absolute atomic E-state index is 7.04. The molecule has 1 aromatic rings. The van der Waals surface area contributed by atoms with E-state index in [1.165, 1.54) is 115 Å². The third-order valence-corrected chi connectivity index (χ3v) is 10.7. The molecule has 0 amide bonds. The zero-order chi connectivity index (χ0) is 22.9. The highest BCUT2D eigenvalue weighted by molar-refractivity contribution is 5.32. The molecule has 4 fully saturated rings. The van der Waals surface area contributed by atoms with Crippen molar-refractivity contribution < 1.29 is 0 Å². The number of aromatic amines is 1. The molecule has 4 atom stereocenters. The molecule has 1 saturated heterocycles. The van der Waals surface area contributed by atoms with E-state index in [4.69, 9.17) is 5.73 Å². The number of hydrogen-bond donors (Lipinski definition) is 3. The molecule has 2 heterocycles. The fourth-order valence-corrected chi connectivity index (χ4v) is 8.53. The van der Waals surface area contributed by atoms with Crippen molar-refractivity contribution >= 4 is 0 Å². The first-order chi connectivity index (χ1) is 16.0. The number of H-pyrrole nitrogens is 1. The van der Waals surface area contributed by atoms with Crippen molar-refractivity contribution in [2.75, 3.05) is 6.54 Å². The molecular weight excluding hydrogens is 402 g/mol. The van der Waals surface area contributed by atoms with E-state index in [1.54, 1.807) is 11.3 Å². The van der Waals surface area contributed by atoms with E-state index in [0.29, 0.717) is 17.4 Å². The Hall–Kier alpha value is -0.800. The molecule has 0 aromatic carbocycles. The Labute approximate surface area is 203 Å². The van der Waals surface area contributed by atoms with Crippen LogP contribution in [0.5, 0.6) is 0 Å².